The molecule has 0 saturated heterocycles. The highest BCUT2D eigenvalue weighted by Gasteiger charge is 2.30. The molecule has 0 heterocycles. The minimum Gasteiger partial charge on any atom is -0.350 e. The third-order valence-electron chi connectivity index (χ3n) is 3.87. The number of rotatable bonds is 6. The van der Waals surface area contributed by atoms with Crippen molar-refractivity contribution in [2.45, 2.75) is 19.6 Å². The van der Waals surface area contributed by atoms with Gasteiger partial charge in [0.15, 0.2) is 0 Å². The third-order valence-corrected chi connectivity index (χ3v) is 5.42. The van der Waals surface area contributed by atoms with Crippen LogP contribution in [0.2, 0.25) is 5.02 Å². The van der Waals surface area contributed by atoms with Crippen molar-refractivity contribution in [3.05, 3.63) is 64.2 Å². The molecule has 2 aromatic rings. The summed E-state index contributed by atoms with van der Waals surface area (Å²) in [7, 11) is -3.79. The lowest BCUT2D eigenvalue weighted by atomic mass is 10.1. The van der Waals surface area contributed by atoms with Crippen LogP contribution >= 0.6 is 11.6 Å². The van der Waals surface area contributed by atoms with Gasteiger partial charge in [0.2, 0.25) is 15.9 Å². The molecule has 0 fully saturated rings. The molecular formula is C18H18ClF3N2O3S. The Kier molecular flexibility index (Phi) is 6.61. The van der Waals surface area contributed by atoms with Crippen LogP contribution in [0, 0.1) is 6.92 Å². The van der Waals surface area contributed by atoms with E-state index in [9.17, 15) is 26.4 Å². The summed E-state index contributed by atoms with van der Waals surface area (Å²) in [6, 6.07) is 9.09. The van der Waals surface area contributed by atoms with Gasteiger partial charge in [-0.15, -0.1) is 0 Å². The Bertz CT molecular complexity index is 978. The average molecular weight is 435 g/mol. The highest BCUT2D eigenvalue weighted by molar-refractivity contribution is 7.92. The van der Waals surface area contributed by atoms with Crippen LogP contribution in [0.3, 0.4) is 0 Å². The summed E-state index contributed by atoms with van der Waals surface area (Å²) in [5.41, 5.74) is 0.374. The fourth-order valence-corrected chi connectivity index (χ4v) is 3.40. The minimum absolute atomic E-state index is 0.172. The van der Waals surface area contributed by atoms with Crippen LogP contribution in [0.25, 0.3) is 0 Å². The molecule has 5 nitrogen and oxygen atoms in total. The van der Waals surface area contributed by atoms with E-state index in [1.165, 1.54) is 24.3 Å². The van der Waals surface area contributed by atoms with Crippen molar-refractivity contribution in [2.24, 2.45) is 0 Å². The quantitative estimate of drug-likeness (QED) is 0.753. The topological polar surface area (TPSA) is 66.5 Å². The highest BCUT2D eigenvalue weighted by Crippen LogP contribution is 2.29. The first-order valence-electron chi connectivity index (χ1n) is 8.04. The van der Waals surface area contributed by atoms with Gasteiger partial charge in [-0.25, -0.2) is 8.42 Å². The average Bonchev–Trinajstić information content (AvgIpc) is 2.59. The lowest BCUT2D eigenvalue weighted by Gasteiger charge is -2.22. The van der Waals surface area contributed by atoms with Crippen molar-refractivity contribution in [1.82, 2.24) is 5.32 Å². The maximum atomic E-state index is 12.7. The van der Waals surface area contributed by atoms with Gasteiger partial charge in [-0.1, -0.05) is 29.8 Å². The van der Waals surface area contributed by atoms with Gasteiger partial charge in [0.05, 0.1) is 17.5 Å². The first-order valence-corrected chi connectivity index (χ1v) is 10.3. The number of carbonyl (C=O) groups is 1. The number of hydrogen-bond acceptors (Lipinski definition) is 3. The van der Waals surface area contributed by atoms with E-state index in [0.717, 1.165) is 28.3 Å². The molecule has 28 heavy (non-hydrogen) atoms. The molecule has 0 aliphatic heterocycles. The predicted molar refractivity (Wildman–Crippen MR) is 102 cm³/mol. The predicted octanol–water partition coefficient (Wildman–Crippen LogP) is 3.75. The van der Waals surface area contributed by atoms with Crippen molar-refractivity contribution in [1.29, 1.82) is 0 Å². The van der Waals surface area contributed by atoms with Crippen molar-refractivity contribution in [2.75, 3.05) is 17.1 Å². The van der Waals surface area contributed by atoms with Gasteiger partial charge in [0.1, 0.15) is 6.54 Å². The normalized spacial score (nSPS) is 11.9. The molecule has 0 unspecified atom stereocenters. The Hall–Kier alpha value is -2.26. The number of nitrogens with zero attached hydrogens (tertiary/aromatic N) is 1. The Morgan fingerprint density at radius 2 is 1.86 bits per heavy atom. The van der Waals surface area contributed by atoms with E-state index in [2.05, 4.69) is 5.32 Å². The summed E-state index contributed by atoms with van der Waals surface area (Å²) in [5.74, 6) is -0.667. The zero-order valence-corrected chi connectivity index (χ0v) is 16.6. The summed E-state index contributed by atoms with van der Waals surface area (Å²) in [5, 5.41) is 2.77. The van der Waals surface area contributed by atoms with Crippen LogP contribution in [0.5, 0.6) is 0 Å². The number of hydrogen-bond donors (Lipinski definition) is 1. The van der Waals surface area contributed by atoms with Crippen molar-refractivity contribution < 1.29 is 26.4 Å². The molecule has 0 aliphatic rings. The van der Waals surface area contributed by atoms with E-state index in [1.807, 2.05) is 0 Å². The van der Waals surface area contributed by atoms with Crippen molar-refractivity contribution in [3.8, 4) is 0 Å². The van der Waals surface area contributed by atoms with Crippen LogP contribution in [0.15, 0.2) is 42.5 Å². The van der Waals surface area contributed by atoms with Gasteiger partial charge in [0.25, 0.3) is 0 Å². The molecule has 2 rings (SSSR count). The monoisotopic (exact) mass is 434 g/mol. The molecule has 0 saturated carbocycles. The number of benzene rings is 2. The summed E-state index contributed by atoms with van der Waals surface area (Å²) >= 11 is 6.02. The number of amides is 1. The lowest BCUT2D eigenvalue weighted by molar-refractivity contribution is -0.137. The zero-order valence-electron chi connectivity index (χ0n) is 15.0. The van der Waals surface area contributed by atoms with Crippen molar-refractivity contribution in [3.63, 3.8) is 0 Å². The van der Waals surface area contributed by atoms with E-state index in [1.54, 1.807) is 13.0 Å². The van der Waals surface area contributed by atoms with Crippen molar-refractivity contribution >= 4 is 33.2 Å². The van der Waals surface area contributed by atoms with Gasteiger partial charge >= 0.3 is 6.18 Å². The second kappa shape index (κ2) is 8.40. The largest absolute Gasteiger partial charge is 0.416 e. The number of sulfonamides is 1. The molecule has 0 spiro atoms. The second-order valence-corrected chi connectivity index (χ2v) is 8.49. The molecule has 152 valence electrons. The van der Waals surface area contributed by atoms with Crippen LogP contribution in [-0.4, -0.2) is 27.1 Å². The van der Waals surface area contributed by atoms with E-state index >= 15 is 0 Å². The Morgan fingerprint density at radius 1 is 1.18 bits per heavy atom. The van der Waals surface area contributed by atoms with Crippen LogP contribution < -0.4 is 9.62 Å². The van der Waals surface area contributed by atoms with Gasteiger partial charge in [-0.3, -0.25) is 9.10 Å². The number of carbonyl (C=O) groups excluding carboxylic acids is 1. The molecule has 2 aromatic carbocycles. The van der Waals surface area contributed by atoms with Crippen LogP contribution in [-0.2, 0) is 27.5 Å². The van der Waals surface area contributed by atoms with Gasteiger partial charge < -0.3 is 5.32 Å². The molecule has 0 atom stereocenters. The lowest BCUT2D eigenvalue weighted by Crippen LogP contribution is -2.40. The number of aryl methyl sites for hydroxylation is 1. The van der Waals surface area contributed by atoms with E-state index < -0.39 is 34.2 Å². The highest BCUT2D eigenvalue weighted by atomic mass is 35.5. The molecule has 0 aliphatic carbocycles. The number of alkyl halides is 3. The van der Waals surface area contributed by atoms with Crippen LogP contribution in [0.4, 0.5) is 18.9 Å². The fourth-order valence-electron chi connectivity index (χ4n) is 2.38. The van der Waals surface area contributed by atoms with E-state index in [-0.39, 0.29) is 17.8 Å². The summed E-state index contributed by atoms with van der Waals surface area (Å²) in [4.78, 5) is 12.2. The fraction of sp³-hybridized carbons (Fsp3) is 0.278. The molecular weight excluding hydrogens is 417 g/mol. The summed E-state index contributed by atoms with van der Waals surface area (Å²) in [6.45, 7) is 1.05. The van der Waals surface area contributed by atoms with Crippen LogP contribution in [0.1, 0.15) is 16.7 Å². The van der Waals surface area contributed by atoms with Gasteiger partial charge in [0, 0.05) is 11.6 Å². The Balaban J connectivity index is 2.12. The molecule has 1 N–H and O–H groups in total. The molecule has 0 bridgehead atoms. The second-order valence-electron chi connectivity index (χ2n) is 6.18. The van der Waals surface area contributed by atoms with E-state index in [0.29, 0.717) is 5.02 Å². The number of nitrogens with one attached hydrogen (secondary N) is 1. The molecule has 0 radical (unpaired) electrons. The zero-order chi connectivity index (χ0) is 21.1. The Morgan fingerprint density at radius 3 is 2.43 bits per heavy atom. The third kappa shape index (κ3) is 5.87. The number of halogens is 4. The minimum atomic E-state index is -4.49. The first-order chi connectivity index (χ1) is 12.9. The first kappa shape index (κ1) is 22.0. The molecule has 10 heteroatoms. The van der Waals surface area contributed by atoms with E-state index in [4.69, 9.17) is 11.6 Å². The van der Waals surface area contributed by atoms with Gasteiger partial charge in [-0.05, 0) is 42.3 Å². The number of anilines is 1. The smallest absolute Gasteiger partial charge is 0.350 e. The summed E-state index contributed by atoms with van der Waals surface area (Å²) < 4.78 is 63.3. The maximum Gasteiger partial charge on any atom is 0.416 e. The Labute approximate surface area is 166 Å². The summed E-state index contributed by atoms with van der Waals surface area (Å²) in [6.07, 6.45) is -3.54. The maximum absolute atomic E-state index is 12.7. The molecule has 1 amide bonds. The van der Waals surface area contributed by atoms with Gasteiger partial charge in [-0.2, -0.15) is 13.2 Å². The SMILES string of the molecule is Cc1ccc(N(CC(=O)NCc2cccc(C(F)(F)F)c2)S(C)(=O)=O)cc1Cl. The molecule has 0 aromatic heterocycles. The standard InChI is InChI=1S/C18H18ClF3N2O3S/c1-12-6-7-15(9-16(12)19)24(28(2,26)27)11-17(25)23-10-13-4-3-5-14(8-13)18(20,21)22/h3-9H,10-11H2,1-2H3,(H,23,25).